The maximum Gasteiger partial charge on any atom is 0.223 e. The van der Waals surface area contributed by atoms with Crippen molar-refractivity contribution in [2.45, 2.75) is 12.8 Å². The van der Waals surface area contributed by atoms with Crippen LogP contribution in [0.2, 0.25) is 5.28 Å². The second-order valence-corrected chi connectivity index (χ2v) is 4.34. The fourth-order valence-corrected chi connectivity index (χ4v) is 2.23. The van der Waals surface area contributed by atoms with Crippen LogP contribution >= 0.6 is 11.6 Å². The molecule has 0 radical (unpaired) electrons. The van der Waals surface area contributed by atoms with Crippen molar-refractivity contribution >= 4 is 28.1 Å². The standard InChI is InChI=1S/C14H11ClN2/c15-14-16-12-9-5-4-8-11(12)13(17-14)10-6-2-1-3-7-10/h2,4-9H,1,3H2. The minimum absolute atomic E-state index is 0.304. The van der Waals surface area contributed by atoms with Gasteiger partial charge in [-0.1, -0.05) is 36.4 Å². The Morgan fingerprint density at radius 1 is 1.06 bits per heavy atom. The first-order chi connectivity index (χ1) is 8.34. The quantitative estimate of drug-likeness (QED) is 0.706. The molecule has 0 bridgehead atoms. The normalized spacial score (nSPS) is 15.0. The Bertz CT molecular complexity index is 629. The molecule has 0 amide bonds. The average molecular weight is 243 g/mol. The molecule has 3 rings (SSSR count). The van der Waals surface area contributed by atoms with Crippen LogP contribution in [0.3, 0.4) is 0 Å². The number of halogens is 1. The van der Waals surface area contributed by atoms with Gasteiger partial charge in [-0.3, -0.25) is 0 Å². The van der Waals surface area contributed by atoms with Crippen LogP contribution < -0.4 is 0 Å². The molecule has 0 aliphatic heterocycles. The van der Waals surface area contributed by atoms with Gasteiger partial charge in [-0.25, -0.2) is 9.97 Å². The van der Waals surface area contributed by atoms with Gasteiger partial charge in [-0.15, -0.1) is 0 Å². The van der Waals surface area contributed by atoms with Crippen LogP contribution in [0.25, 0.3) is 16.5 Å². The predicted molar refractivity (Wildman–Crippen MR) is 70.9 cm³/mol. The van der Waals surface area contributed by atoms with Gasteiger partial charge in [0.1, 0.15) is 0 Å². The molecule has 84 valence electrons. The van der Waals surface area contributed by atoms with Crippen molar-refractivity contribution in [3.8, 4) is 0 Å². The number of aromatic nitrogens is 2. The van der Waals surface area contributed by atoms with Crippen LogP contribution in [0, 0.1) is 0 Å². The summed E-state index contributed by atoms with van der Waals surface area (Å²) in [5.41, 5.74) is 2.95. The Morgan fingerprint density at radius 3 is 2.76 bits per heavy atom. The number of rotatable bonds is 1. The van der Waals surface area contributed by atoms with Crippen LogP contribution in [0.1, 0.15) is 18.5 Å². The molecule has 0 saturated carbocycles. The van der Waals surface area contributed by atoms with Crippen molar-refractivity contribution in [1.82, 2.24) is 9.97 Å². The molecule has 1 aliphatic carbocycles. The minimum Gasteiger partial charge on any atom is -0.218 e. The van der Waals surface area contributed by atoms with E-state index in [0.717, 1.165) is 35.0 Å². The number of allylic oxidation sites excluding steroid dienone is 4. The van der Waals surface area contributed by atoms with Crippen molar-refractivity contribution in [1.29, 1.82) is 0 Å². The van der Waals surface area contributed by atoms with E-state index in [0.29, 0.717) is 5.28 Å². The van der Waals surface area contributed by atoms with E-state index in [9.17, 15) is 0 Å². The highest BCUT2D eigenvalue weighted by Crippen LogP contribution is 2.27. The molecule has 2 nitrogen and oxygen atoms in total. The summed E-state index contributed by atoms with van der Waals surface area (Å²) in [6, 6.07) is 7.94. The van der Waals surface area contributed by atoms with Crippen molar-refractivity contribution in [3.05, 3.63) is 53.5 Å². The van der Waals surface area contributed by atoms with Gasteiger partial charge in [0, 0.05) is 5.39 Å². The number of nitrogens with zero attached hydrogens (tertiary/aromatic N) is 2. The van der Waals surface area contributed by atoms with E-state index in [4.69, 9.17) is 11.6 Å². The number of hydrogen-bond acceptors (Lipinski definition) is 2. The van der Waals surface area contributed by atoms with Crippen LogP contribution in [0.15, 0.2) is 42.5 Å². The maximum atomic E-state index is 5.97. The number of fused-ring (bicyclic) bond motifs is 1. The Balaban J connectivity index is 2.27. The summed E-state index contributed by atoms with van der Waals surface area (Å²) in [7, 11) is 0. The molecule has 17 heavy (non-hydrogen) atoms. The topological polar surface area (TPSA) is 25.8 Å². The first-order valence-corrected chi connectivity index (χ1v) is 6.02. The molecule has 0 atom stereocenters. The highest BCUT2D eigenvalue weighted by atomic mass is 35.5. The Labute approximate surface area is 105 Å². The molecule has 1 aromatic heterocycles. The first kappa shape index (κ1) is 10.5. The van der Waals surface area contributed by atoms with Gasteiger partial charge in [-0.05, 0) is 36.1 Å². The van der Waals surface area contributed by atoms with Gasteiger partial charge in [-0.2, -0.15) is 0 Å². The van der Waals surface area contributed by atoms with Gasteiger partial charge in [0.25, 0.3) is 0 Å². The summed E-state index contributed by atoms with van der Waals surface area (Å²) < 4.78 is 0. The van der Waals surface area contributed by atoms with Gasteiger partial charge in [0.15, 0.2) is 0 Å². The van der Waals surface area contributed by atoms with E-state index in [2.05, 4.69) is 28.2 Å². The van der Waals surface area contributed by atoms with E-state index >= 15 is 0 Å². The fraction of sp³-hybridized carbons (Fsp3) is 0.143. The molecule has 0 unspecified atom stereocenters. The van der Waals surface area contributed by atoms with Gasteiger partial charge in [0.05, 0.1) is 11.2 Å². The molecule has 1 aliphatic rings. The van der Waals surface area contributed by atoms with Crippen molar-refractivity contribution in [2.75, 3.05) is 0 Å². The van der Waals surface area contributed by atoms with Gasteiger partial charge >= 0.3 is 0 Å². The van der Waals surface area contributed by atoms with Crippen LogP contribution in [0.5, 0.6) is 0 Å². The van der Waals surface area contributed by atoms with Gasteiger partial charge < -0.3 is 0 Å². The van der Waals surface area contributed by atoms with Crippen LogP contribution in [-0.2, 0) is 0 Å². The predicted octanol–water partition coefficient (Wildman–Crippen LogP) is 4.02. The van der Waals surface area contributed by atoms with E-state index in [1.807, 2.05) is 24.3 Å². The largest absolute Gasteiger partial charge is 0.223 e. The first-order valence-electron chi connectivity index (χ1n) is 5.64. The van der Waals surface area contributed by atoms with Gasteiger partial charge in [0.2, 0.25) is 5.28 Å². The van der Waals surface area contributed by atoms with Crippen LogP contribution in [-0.4, -0.2) is 9.97 Å². The van der Waals surface area contributed by atoms with E-state index in [1.165, 1.54) is 0 Å². The Morgan fingerprint density at radius 2 is 1.94 bits per heavy atom. The Kier molecular flexibility index (Phi) is 2.65. The summed E-state index contributed by atoms with van der Waals surface area (Å²) in [5.74, 6) is 0. The number of para-hydroxylation sites is 1. The zero-order valence-corrected chi connectivity index (χ0v) is 9.98. The highest BCUT2D eigenvalue weighted by Gasteiger charge is 2.10. The molecule has 0 fully saturated rings. The third-order valence-corrected chi connectivity index (χ3v) is 3.01. The maximum absolute atomic E-state index is 5.97. The molecular weight excluding hydrogens is 232 g/mol. The zero-order valence-electron chi connectivity index (χ0n) is 9.23. The zero-order chi connectivity index (χ0) is 11.7. The molecule has 2 aromatic rings. The number of benzene rings is 1. The summed E-state index contributed by atoms with van der Waals surface area (Å²) in [6.07, 6.45) is 8.63. The molecule has 3 heteroatoms. The van der Waals surface area contributed by atoms with Crippen LogP contribution in [0.4, 0.5) is 0 Å². The molecule has 1 aromatic carbocycles. The fourth-order valence-electron chi connectivity index (χ4n) is 2.06. The molecular formula is C14H11ClN2. The smallest absolute Gasteiger partial charge is 0.218 e. The highest BCUT2D eigenvalue weighted by molar-refractivity contribution is 6.28. The molecule has 0 spiro atoms. The SMILES string of the molecule is Clc1nc(C2=CCCC=C2)c2ccccc2n1. The summed E-state index contributed by atoms with van der Waals surface area (Å²) in [5, 5.41) is 1.35. The Hall–Kier alpha value is -1.67. The lowest BCUT2D eigenvalue weighted by atomic mass is 10.0. The minimum atomic E-state index is 0.304. The van der Waals surface area contributed by atoms with E-state index in [1.54, 1.807) is 0 Å². The third kappa shape index (κ3) is 1.96. The second kappa shape index (κ2) is 4.30. The van der Waals surface area contributed by atoms with E-state index in [-0.39, 0.29) is 0 Å². The average Bonchev–Trinajstić information content (AvgIpc) is 2.39. The van der Waals surface area contributed by atoms with Crippen molar-refractivity contribution < 1.29 is 0 Å². The lowest BCUT2D eigenvalue weighted by molar-refractivity contribution is 1.04. The summed E-state index contributed by atoms with van der Waals surface area (Å²) in [6.45, 7) is 0. The number of hydrogen-bond donors (Lipinski definition) is 0. The van der Waals surface area contributed by atoms with E-state index < -0.39 is 0 Å². The molecule has 1 heterocycles. The van der Waals surface area contributed by atoms with Crippen molar-refractivity contribution in [2.24, 2.45) is 0 Å². The third-order valence-electron chi connectivity index (χ3n) is 2.84. The lowest BCUT2D eigenvalue weighted by Gasteiger charge is -2.09. The lowest BCUT2D eigenvalue weighted by Crippen LogP contribution is -1.95. The van der Waals surface area contributed by atoms with Crippen molar-refractivity contribution in [3.63, 3.8) is 0 Å². The monoisotopic (exact) mass is 242 g/mol. The molecule has 0 N–H and O–H groups in total. The summed E-state index contributed by atoms with van der Waals surface area (Å²) in [4.78, 5) is 8.59. The summed E-state index contributed by atoms with van der Waals surface area (Å²) >= 11 is 5.97. The molecule has 0 saturated heterocycles. The second-order valence-electron chi connectivity index (χ2n) is 4.00.